The summed E-state index contributed by atoms with van der Waals surface area (Å²) >= 11 is 4.05. The van der Waals surface area contributed by atoms with E-state index in [1.54, 1.807) is 6.08 Å². The summed E-state index contributed by atoms with van der Waals surface area (Å²) in [7, 11) is 0. The second kappa shape index (κ2) is 5.50. The molecule has 0 aliphatic heterocycles. The highest BCUT2D eigenvalue weighted by molar-refractivity contribution is 7.96. The predicted octanol–water partition coefficient (Wildman–Crippen LogP) is 3.43. The summed E-state index contributed by atoms with van der Waals surface area (Å²) in [5, 5.41) is 18.5. The van der Waals surface area contributed by atoms with E-state index in [1.807, 2.05) is 24.3 Å². The number of H-pyrrole nitrogens is 1. The lowest BCUT2D eigenvalue weighted by atomic mass is 10.2. The molecule has 0 spiro atoms. The first-order chi connectivity index (χ1) is 8.72. The molecule has 1 aromatic heterocycles. The predicted molar refractivity (Wildman–Crippen MR) is 76.0 cm³/mol. The minimum Gasteiger partial charge on any atom is -0.493 e. The number of aromatic amines is 1. The van der Waals surface area contributed by atoms with Crippen LogP contribution in [0.5, 0.6) is 5.88 Å². The van der Waals surface area contributed by atoms with Gasteiger partial charge in [0.05, 0.1) is 12.1 Å². The van der Waals surface area contributed by atoms with Crippen molar-refractivity contribution in [3.8, 4) is 5.88 Å². The Kier molecular flexibility index (Phi) is 3.78. The van der Waals surface area contributed by atoms with Gasteiger partial charge in [-0.05, 0) is 6.07 Å². The van der Waals surface area contributed by atoms with Crippen molar-refractivity contribution in [3.63, 3.8) is 0 Å². The Balaban J connectivity index is 2.34. The molecule has 0 amide bonds. The monoisotopic (exact) mass is 260 g/mol. The maximum atomic E-state index is 9.73. The minimum absolute atomic E-state index is 0.0233. The topological polar surface area (TPSA) is 73.1 Å². The fourth-order valence-corrected chi connectivity index (χ4v) is 1.61. The van der Waals surface area contributed by atoms with Gasteiger partial charge in [-0.1, -0.05) is 24.3 Å². The SMILES string of the molecule is C=CC/N=C(S)/N=N/c1c(O)[nH]c2ccccc12. The third-order valence-electron chi connectivity index (χ3n) is 2.26. The van der Waals surface area contributed by atoms with Crippen LogP contribution >= 0.6 is 12.6 Å². The Morgan fingerprint density at radius 1 is 1.44 bits per heavy atom. The van der Waals surface area contributed by atoms with Gasteiger partial charge in [0, 0.05) is 5.39 Å². The van der Waals surface area contributed by atoms with Gasteiger partial charge in [0.15, 0.2) is 5.69 Å². The molecule has 1 heterocycles. The molecule has 0 saturated carbocycles. The van der Waals surface area contributed by atoms with Crippen LogP contribution in [0.15, 0.2) is 52.1 Å². The van der Waals surface area contributed by atoms with Gasteiger partial charge in [0.1, 0.15) is 0 Å². The van der Waals surface area contributed by atoms with Crippen molar-refractivity contribution >= 4 is 34.4 Å². The molecule has 2 N–H and O–H groups in total. The zero-order chi connectivity index (χ0) is 13.0. The minimum atomic E-state index is -0.0233. The summed E-state index contributed by atoms with van der Waals surface area (Å²) in [6.45, 7) is 3.97. The van der Waals surface area contributed by atoms with Gasteiger partial charge in [-0.15, -0.1) is 29.4 Å². The van der Waals surface area contributed by atoms with E-state index in [1.165, 1.54) is 0 Å². The van der Waals surface area contributed by atoms with Crippen LogP contribution in [-0.4, -0.2) is 21.8 Å². The van der Waals surface area contributed by atoms with E-state index in [9.17, 15) is 5.11 Å². The first kappa shape index (κ1) is 12.4. The summed E-state index contributed by atoms with van der Waals surface area (Å²) in [6, 6.07) is 7.43. The van der Waals surface area contributed by atoms with Crippen LogP contribution in [0.1, 0.15) is 0 Å². The summed E-state index contributed by atoms with van der Waals surface area (Å²) in [5.41, 5.74) is 1.18. The van der Waals surface area contributed by atoms with E-state index in [-0.39, 0.29) is 11.0 Å². The van der Waals surface area contributed by atoms with Crippen LogP contribution in [0, 0.1) is 0 Å². The number of thiol groups is 1. The van der Waals surface area contributed by atoms with Gasteiger partial charge in [0.25, 0.3) is 0 Å². The quantitative estimate of drug-likeness (QED) is 0.255. The molecule has 0 atom stereocenters. The van der Waals surface area contributed by atoms with Crippen LogP contribution in [0.2, 0.25) is 0 Å². The number of para-hydroxylation sites is 1. The Morgan fingerprint density at radius 2 is 2.22 bits per heavy atom. The molecule has 1 aromatic carbocycles. The fourth-order valence-electron chi connectivity index (χ4n) is 1.49. The maximum Gasteiger partial charge on any atom is 0.218 e. The first-order valence-electron chi connectivity index (χ1n) is 5.28. The molecule has 0 fully saturated rings. The van der Waals surface area contributed by atoms with Crippen molar-refractivity contribution < 1.29 is 5.11 Å². The second-order valence-electron chi connectivity index (χ2n) is 3.50. The van der Waals surface area contributed by atoms with Crippen LogP contribution in [0.25, 0.3) is 10.9 Å². The summed E-state index contributed by atoms with van der Waals surface area (Å²) < 4.78 is 0. The van der Waals surface area contributed by atoms with E-state index in [0.717, 1.165) is 10.9 Å². The third kappa shape index (κ3) is 2.60. The Morgan fingerprint density at radius 3 is 3.00 bits per heavy atom. The van der Waals surface area contributed by atoms with E-state index in [0.29, 0.717) is 12.2 Å². The van der Waals surface area contributed by atoms with Crippen LogP contribution in [-0.2, 0) is 0 Å². The molecular formula is C12H12N4OS. The molecule has 0 saturated heterocycles. The van der Waals surface area contributed by atoms with Crippen molar-refractivity contribution in [2.45, 2.75) is 0 Å². The van der Waals surface area contributed by atoms with E-state index in [4.69, 9.17) is 0 Å². The standard InChI is InChI=1S/C12H12N4OS/c1-2-7-13-12(18)16-15-10-8-5-3-4-6-9(8)14-11(10)17/h2-6,14,17H,1,7H2,(H,13,18)/b16-15+. The normalized spacial score (nSPS) is 12.4. The number of aromatic nitrogens is 1. The molecular weight excluding hydrogens is 248 g/mol. The molecule has 5 nitrogen and oxygen atoms in total. The van der Waals surface area contributed by atoms with Gasteiger partial charge in [0.2, 0.25) is 11.0 Å². The second-order valence-corrected chi connectivity index (χ2v) is 3.90. The number of hydrogen-bond donors (Lipinski definition) is 3. The van der Waals surface area contributed by atoms with Gasteiger partial charge >= 0.3 is 0 Å². The molecule has 92 valence electrons. The van der Waals surface area contributed by atoms with Crippen LogP contribution < -0.4 is 0 Å². The molecule has 0 aliphatic rings. The molecule has 0 aliphatic carbocycles. The Labute approximate surface area is 109 Å². The average Bonchev–Trinajstić information content (AvgIpc) is 2.69. The number of nitrogens with one attached hydrogen (secondary N) is 1. The van der Waals surface area contributed by atoms with Gasteiger partial charge in [-0.3, -0.25) is 4.99 Å². The number of nitrogens with zero attached hydrogens (tertiary/aromatic N) is 3. The lowest BCUT2D eigenvalue weighted by molar-refractivity contribution is 0.459. The van der Waals surface area contributed by atoms with E-state index in [2.05, 4.69) is 39.4 Å². The fraction of sp³-hybridized carbons (Fsp3) is 0.0833. The zero-order valence-corrected chi connectivity index (χ0v) is 10.4. The van der Waals surface area contributed by atoms with E-state index < -0.39 is 0 Å². The number of hydrogen-bond acceptors (Lipinski definition) is 3. The molecule has 6 heteroatoms. The molecule has 2 rings (SSSR count). The number of fused-ring (bicyclic) bond motifs is 1. The summed E-state index contributed by atoms with van der Waals surface area (Å²) in [4.78, 5) is 6.78. The largest absolute Gasteiger partial charge is 0.493 e. The summed E-state index contributed by atoms with van der Waals surface area (Å²) in [6.07, 6.45) is 1.63. The number of amidine groups is 1. The lowest BCUT2D eigenvalue weighted by Crippen LogP contribution is -1.81. The van der Waals surface area contributed by atoms with Gasteiger partial charge < -0.3 is 10.1 Å². The van der Waals surface area contributed by atoms with E-state index >= 15 is 0 Å². The van der Waals surface area contributed by atoms with Crippen LogP contribution in [0.4, 0.5) is 5.69 Å². The van der Waals surface area contributed by atoms with Gasteiger partial charge in [-0.2, -0.15) is 0 Å². The number of rotatable bonds is 3. The average molecular weight is 260 g/mol. The van der Waals surface area contributed by atoms with Crippen molar-refractivity contribution in [2.75, 3.05) is 6.54 Å². The summed E-state index contributed by atoms with van der Waals surface area (Å²) in [5.74, 6) is -0.0233. The van der Waals surface area contributed by atoms with Crippen molar-refractivity contribution in [3.05, 3.63) is 36.9 Å². The number of aromatic hydroxyl groups is 1. The lowest BCUT2D eigenvalue weighted by Gasteiger charge is -1.91. The highest BCUT2D eigenvalue weighted by Gasteiger charge is 2.09. The van der Waals surface area contributed by atoms with Gasteiger partial charge in [-0.25, -0.2) is 0 Å². The highest BCUT2D eigenvalue weighted by Crippen LogP contribution is 2.35. The molecule has 0 unspecified atom stereocenters. The molecule has 0 radical (unpaired) electrons. The van der Waals surface area contributed by atoms with Crippen LogP contribution in [0.3, 0.4) is 0 Å². The van der Waals surface area contributed by atoms with Crippen molar-refractivity contribution in [2.24, 2.45) is 15.2 Å². The van der Waals surface area contributed by atoms with Crippen molar-refractivity contribution in [1.29, 1.82) is 0 Å². The molecule has 0 bridgehead atoms. The highest BCUT2D eigenvalue weighted by atomic mass is 32.1. The zero-order valence-electron chi connectivity index (χ0n) is 9.54. The number of azo groups is 1. The third-order valence-corrected chi connectivity index (χ3v) is 2.49. The Bertz CT molecular complexity index is 630. The smallest absolute Gasteiger partial charge is 0.218 e. The Hall–Kier alpha value is -2.08. The number of aliphatic imine (C=N–C) groups is 1. The van der Waals surface area contributed by atoms with Crippen molar-refractivity contribution in [1.82, 2.24) is 4.98 Å². The molecule has 2 aromatic rings. The molecule has 18 heavy (non-hydrogen) atoms. The number of benzene rings is 1. The maximum absolute atomic E-state index is 9.73. The first-order valence-corrected chi connectivity index (χ1v) is 5.73.